The Kier molecular flexibility index (Phi) is 4.18. The Labute approximate surface area is 126 Å². The first-order valence-corrected chi connectivity index (χ1v) is 8.85. The number of halogens is 2. The van der Waals surface area contributed by atoms with E-state index < -0.39 is 5.60 Å². The lowest BCUT2D eigenvalue weighted by molar-refractivity contribution is 0.0716. The minimum Gasteiger partial charge on any atom is -0.389 e. The summed E-state index contributed by atoms with van der Waals surface area (Å²) in [7, 11) is 0. The average Bonchev–Trinajstić information content (AvgIpc) is 2.64. The van der Waals surface area contributed by atoms with Crippen LogP contribution in [0.15, 0.2) is 0 Å². The molecule has 2 rings (SSSR count). The quantitative estimate of drug-likeness (QED) is 0.493. The third kappa shape index (κ3) is 2.56. The van der Waals surface area contributed by atoms with E-state index in [4.69, 9.17) is 0 Å². The second kappa shape index (κ2) is 4.83. The Morgan fingerprint density at radius 2 is 1.88 bits per heavy atom. The average molecular weight is 448 g/mol. The van der Waals surface area contributed by atoms with Crippen LogP contribution >= 0.6 is 45.2 Å². The molecule has 0 amide bonds. The zero-order valence-electron chi connectivity index (χ0n) is 10.2. The summed E-state index contributed by atoms with van der Waals surface area (Å²) in [5, 5.41) is 10.2. The van der Waals surface area contributed by atoms with Crippen molar-refractivity contribution < 1.29 is 5.11 Å². The summed E-state index contributed by atoms with van der Waals surface area (Å²) in [4.78, 5) is 0. The van der Waals surface area contributed by atoms with Gasteiger partial charge in [-0.15, -0.1) is 0 Å². The standard InChI is InChI=1S/C13H22I2O/c1-12(6-3-4-10(12)14)8-9-5-7-13(2,16)11(9)15/h9-11,16H,3-8H2,1-2H3. The third-order valence-electron chi connectivity index (χ3n) is 4.72. The van der Waals surface area contributed by atoms with Crippen molar-refractivity contribution in [1.82, 2.24) is 0 Å². The van der Waals surface area contributed by atoms with Gasteiger partial charge in [0, 0.05) is 7.85 Å². The van der Waals surface area contributed by atoms with Crippen molar-refractivity contribution in [3.8, 4) is 0 Å². The second-order valence-electron chi connectivity index (χ2n) is 6.28. The Hall–Kier alpha value is 1.42. The number of alkyl halides is 2. The van der Waals surface area contributed by atoms with Crippen molar-refractivity contribution in [2.75, 3.05) is 0 Å². The molecular weight excluding hydrogens is 426 g/mol. The lowest BCUT2D eigenvalue weighted by atomic mass is 9.78. The molecule has 5 unspecified atom stereocenters. The molecule has 5 atom stereocenters. The van der Waals surface area contributed by atoms with Crippen molar-refractivity contribution in [3.05, 3.63) is 0 Å². The molecular formula is C13H22I2O. The van der Waals surface area contributed by atoms with Crippen molar-refractivity contribution in [2.45, 2.75) is 65.8 Å². The number of aliphatic hydroxyl groups is 1. The maximum Gasteiger partial charge on any atom is 0.0739 e. The molecule has 0 aromatic carbocycles. The molecule has 2 aliphatic rings. The molecule has 94 valence electrons. The molecule has 0 aromatic rings. The molecule has 0 aliphatic heterocycles. The monoisotopic (exact) mass is 448 g/mol. The van der Waals surface area contributed by atoms with Crippen molar-refractivity contribution in [2.24, 2.45) is 11.3 Å². The minimum atomic E-state index is -0.416. The van der Waals surface area contributed by atoms with Gasteiger partial charge in [0.05, 0.1) is 5.60 Å². The van der Waals surface area contributed by atoms with Crippen LogP contribution < -0.4 is 0 Å². The van der Waals surface area contributed by atoms with Gasteiger partial charge in [0.2, 0.25) is 0 Å². The smallest absolute Gasteiger partial charge is 0.0739 e. The summed E-state index contributed by atoms with van der Waals surface area (Å²) in [6.45, 7) is 4.48. The van der Waals surface area contributed by atoms with E-state index in [1.54, 1.807) is 0 Å². The maximum absolute atomic E-state index is 10.2. The zero-order chi connectivity index (χ0) is 12.0. The number of hydrogen-bond donors (Lipinski definition) is 1. The molecule has 0 heterocycles. The van der Waals surface area contributed by atoms with Gasteiger partial charge >= 0.3 is 0 Å². The van der Waals surface area contributed by atoms with Crippen LogP contribution in [0.4, 0.5) is 0 Å². The first-order chi connectivity index (χ1) is 7.35. The Morgan fingerprint density at radius 3 is 2.31 bits per heavy atom. The molecule has 1 N–H and O–H groups in total. The predicted molar refractivity (Wildman–Crippen MR) is 85.5 cm³/mol. The first-order valence-electron chi connectivity index (χ1n) is 6.36. The predicted octanol–water partition coefficient (Wildman–Crippen LogP) is 4.33. The van der Waals surface area contributed by atoms with Crippen LogP contribution in [0.2, 0.25) is 0 Å². The fraction of sp³-hybridized carbons (Fsp3) is 1.00. The third-order valence-corrected chi connectivity index (χ3v) is 9.20. The van der Waals surface area contributed by atoms with Gasteiger partial charge in [0.1, 0.15) is 0 Å². The van der Waals surface area contributed by atoms with E-state index in [-0.39, 0.29) is 0 Å². The molecule has 0 spiro atoms. The molecule has 2 aliphatic carbocycles. The van der Waals surface area contributed by atoms with Gasteiger partial charge in [-0.3, -0.25) is 0 Å². The number of hydrogen-bond acceptors (Lipinski definition) is 1. The van der Waals surface area contributed by atoms with Crippen LogP contribution in [0.3, 0.4) is 0 Å². The Balaban J connectivity index is 2.01. The highest BCUT2D eigenvalue weighted by Crippen LogP contribution is 2.52. The lowest BCUT2D eigenvalue weighted by Crippen LogP contribution is -2.34. The highest BCUT2D eigenvalue weighted by atomic mass is 127. The molecule has 0 saturated heterocycles. The van der Waals surface area contributed by atoms with E-state index in [9.17, 15) is 5.11 Å². The molecule has 16 heavy (non-hydrogen) atoms. The summed E-state index contributed by atoms with van der Waals surface area (Å²) < 4.78 is 1.30. The fourth-order valence-corrected chi connectivity index (χ4v) is 5.43. The molecule has 0 bridgehead atoms. The van der Waals surface area contributed by atoms with E-state index in [1.165, 1.54) is 32.1 Å². The van der Waals surface area contributed by atoms with E-state index in [0.717, 1.165) is 16.3 Å². The van der Waals surface area contributed by atoms with Gasteiger partial charge in [0.25, 0.3) is 0 Å². The fourth-order valence-electron chi connectivity index (χ4n) is 3.49. The van der Waals surface area contributed by atoms with Gasteiger partial charge in [0.15, 0.2) is 0 Å². The number of rotatable bonds is 2. The van der Waals surface area contributed by atoms with E-state index in [0.29, 0.717) is 9.34 Å². The Morgan fingerprint density at radius 1 is 1.19 bits per heavy atom. The lowest BCUT2D eigenvalue weighted by Gasteiger charge is -2.33. The van der Waals surface area contributed by atoms with Crippen LogP contribution in [0.1, 0.15) is 52.4 Å². The van der Waals surface area contributed by atoms with Crippen LogP contribution in [0, 0.1) is 11.3 Å². The molecule has 0 radical (unpaired) electrons. The van der Waals surface area contributed by atoms with Crippen molar-refractivity contribution >= 4 is 45.2 Å². The second-order valence-corrected chi connectivity index (χ2v) is 9.12. The molecule has 0 aromatic heterocycles. The molecule has 2 saturated carbocycles. The van der Waals surface area contributed by atoms with Gasteiger partial charge < -0.3 is 5.11 Å². The van der Waals surface area contributed by atoms with Gasteiger partial charge in [-0.1, -0.05) is 58.5 Å². The minimum absolute atomic E-state index is 0.416. The Bertz CT molecular complexity index is 267. The molecule has 1 nitrogen and oxygen atoms in total. The largest absolute Gasteiger partial charge is 0.389 e. The normalized spacial score (nSPS) is 53.4. The summed E-state index contributed by atoms with van der Waals surface area (Å²) >= 11 is 5.13. The van der Waals surface area contributed by atoms with Crippen molar-refractivity contribution in [3.63, 3.8) is 0 Å². The zero-order valence-corrected chi connectivity index (χ0v) is 14.5. The SMILES string of the molecule is CC1(O)CCC(CC2(C)CCCC2I)C1I. The van der Waals surface area contributed by atoms with Gasteiger partial charge in [-0.05, 0) is 50.4 Å². The summed E-state index contributed by atoms with van der Waals surface area (Å²) in [6.07, 6.45) is 7.73. The van der Waals surface area contributed by atoms with Crippen LogP contribution in [0.5, 0.6) is 0 Å². The van der Waals surface area contributed by atoms with Crippen LogP contribution in [-0.2, 0) is 0 Å². The summed E-state index contributed by atoms with van der Waals surface area (Å²) in [5.41, 5.74) is 0.121. The highest BCUT2D eigenvalue weighted by molar-refractivity contribution is 14.1. The summed E-state index contributed by atoms with van der Waals surface area (Å²) in [5.74, 6) is 0.732. The summed E-state index contributed by atoms with van der Waals surface area (Å²) in [6, 6.07) is 0. The van der Waals surface area contributed by atoms with Gasteiger partial charge in [-0.2, -0.15) is 0 Å². The van der Waals surface area contributed by atoms with E-state index in [1.807, 2.05) is 6.92 Å². The molecule has 3 heteroatoms. The van der Waals surface area contributed by atoms with E-state index >= 15 is 0 Å². The van der Waals surface area contributed by atoms with Crippen molar-refractivity contribution in [1.29, 1.82) is 0 Å². The topological polar surface area (TPSA) is 20.2 Å². The van der Waals surface area contributed by atoms with Crippen LogP contribution in [0.25, 0.3) is 0 Å². The van der Waals surface area contributed by atoms with Gasteiger partial charge in [-0.25, -0.2) is 0 Å². The highest BCUT2D eigenvalue weighted by Gasteiger charge is 2.47. The maximum atomic E-state index is 10.2. The van der Waals surface area contributed by atoms with E-state index in [2.05, 4.69) is 52.1 Å². The van der Waals surface area contributed by atoms with Crippen LogP contribution in [-0.4, -0.2) is 18.6 Å². The molecule has 2 fully saturated rings. The first kappa shape index (κ1) is 13.8.